The molecule has 0 fully saturated rings. The quantitative estimate of drug-likeness (QED) is 0.644. The summed E-state index contributed by atoms with van der Waals surface area (Å²) in [7, 11) is 0. The van der Waals surface area contributed by atoms with Crippen LogP contribution >= 0.6 is 0 Å². The number of nitrogens with two attached hydrogens (primary N) is 1. The van der Waals surface area contributed by atoms with E-state index in [2.05, 4.69) is 0 Å². The number of aryl methyl sites for hydroxylation is 1. The van der Waals surface area contributed by atoms with Crippen LogP contribution in [-0.2, 0) is 0 Å². The minimum atomic E-state index is -0.490. The van der Waals surface area contributed by atoms with E-state index in [0.29, 0.717) is 25.2 Å². The molecule has 6 heteroatoms. The molecule has 6 nitrogen and oxygen atoms in total. The number of amides is 1. The Morgan fingerprint density at radius 2 is 2.05 bits per heavy atom. The fourth-order valence-electron chi connectivity index (χ4n) is 2.03. The molecule has 0 radical (unpaired) electrons. The number of hydrogen-bond donors (Lipinski definition) is 1. The van der Waals surface area contributed by atoms with Crippen molar-refractivity contribution < 1.29 is 9.72 Å². The molecule has 1 aromatic rings. The number of nitrogens with zero attached hydrogens (tertiary/aromatic N) is 2. The third kappa shape index (κ3) is 4.26. The Kier molecular flexibility index (Phi) is 5.43. The summed E-state index contributed by atoms with van der Waals surface area (Å²) in [6.45, 7) is 9.15. The smallest absolute Gasteiger partial charge is 0.270 e. The Morgan fingerprint density at radius 3 is 2.52 bits per heavy atom. The summed E-state index contributed by atoms with van der Waals surface area (Å²) in [6, 6.07) is 4.36. The number of hydrogen-bond acceptors (Lipinski definition) is 4. The molecule has 0 bridgehead atoms. The molecular formula is C15H23N3O3. The van der Waals surface area contributed by atoms with E-state index in [4.69, 9.17) is 5.73 Å². The number of non-ortho nitro benzene ring substituents is 1. The van der Waals surface area contributed by atoms with E-state index in [1.807, 2.05) is 20.8 Å². The fourth-order valence-corrected chi connectivity index (χ4v) is 2.03. The summed E-state index contributed by atoms with van der Waals surface area (Å²) < 4.78 is 0. The number of carbonyl (C=O) groups excluding carboxylic acids is 1. The summed E-state index contributed by atoms with van der Waals surface area (Å²) in [5, 5.41) is 10.9. The van der Waals surface area contributed by atoms with E-state index in [9.17, 15) is 14.9 Å². The van der Waals surface area contributed by atoms with Gasteiger partial charge in [0.2, 0.25) is 0 Å². The van der Waals surface area contributed by atoms with Crippen molar-refractivity contribution in [1.29, 1.82) is 0 Å². The normalized spacial score (nSPS) is 11.3. The summed E-state index contributed by atoms with van der Waals surface area (Å²) in [5.74, 6) is -0.194. The second-order valence-electron chi connectivity index (χ2n) is 5.94. The largest absolute Gasteiger partial charge is 0.338 e. The van der Waals surface area contributed by atoms with Crippen LogP contribution in [0, 0.1) is 22.5 Å². The molecule has 0 spiro atoms. The lowest BCUT2D eigenvalue weighted by atomic mass is 9.92. The van der Waals surface area contributed by atoms with Gasteiger partial charge in [0.1, 0.15) is 0 Å². The number of nitro groups is 1. The Morgan fingerprint density at radius 1 is 1.43 bits per heavy atom. The average molecular weight is 293 g/mol. The van der Waals surface area contributed by atoms with Crippen molar-refractivity contribution >= 4 is 11.6 Å². The predicted octanol–water partition coefficient (Wildman–Crippen LogP) is 2.35. The number of rotatable bonds is 6. The van der Waals surface area contributed by atoms with E-state index in [1.54, 1.807) is 17.9 Å². The second kappa shape index (κ2) is 6.67. The molecule has 0 aliphatic carbocycles. The zero-order valence-electron chi connectivity index (χ0n) is 13.0. The van der Waals surface area contributed by atoms with Gasteiger partial charge in [-0.15, -0.1) is 0 Å². The molecule has 21 heavy (non-hydrogen) atoms. The average Bonchev–Trinajstić information content (AvgIpc) is 2.44. The Hall–Kier alpha value is -1.95. The highest BCUT2D eigenvalue weighted by molar-refractivity contribution is 5.96. The van der Waals surface area contributed by atoms with Crippen LogP contribution in [0.25, 0.3) is 0 Å². The van der Waals surface area contributed by atoms with Crippen molar-refractivity contribution in [3.8, 4) is 0 Å². The monoisotopic (exact) mass is 293 g/mol. The van der Waals surface area contributed by atoms with Crippen molar-refractivity contribution in [1.82, 2.24) is 4.90 Å². The lowest BCUT2D eigenvalue weighted by molar-refractivity contribution is -0.384. The van der Waals surface area contributed by atoms with E-state index in [1.165, 1.54) is 12.1 Å². The van der Waals surface area contributed by atoms with Gasteiger partial charge >= 0.3 is 0 Å². The van der Waals surface area contributed by atoms with Crippen LogP contribution in [0.1, 0.15) is 36.7 Å². The SMILES string of the molecule is CCN(CC(C)(C)CN)C(=O)c1cc([N+](=O)[O-])ccc1C. The molecule has 116 valence electrons. The Balaban J connectivity index is 3.10. The first-order valence-electron chi connectivity index (χ1n) is 6.96. The minimum absolute atomic E-state index is 0.0712. The molecule has 2 N–H and O–H groups in total. The van der Waals surface area contributed by atoms with Gasteiger partial charge in [-0.05, 0) is 31.4 Å². The molecule has 0 saturated carbocycles. The van der Waals surface area contributed by atoms with Crippen molar-refractivity contribution in [3.63, 3.8) is 0 Å². The van der Waals surface area contributed by atoms with Gasteiger partial charge in [0.05, 0.1) is 4.92 Å². The van der Waals surface area contributed by atoms with E-state index in [0.717, 1.165) is 5.56 Å². The van der Waals surface area contributed by atoms with Gasteiger partial charge in [-0.25, -0.2) is 0 Å². The predicted molar refractivity (Wildman–Crippen MR) is 82.2 cm³/mol. The highest BCUT2D eigenvalue weighted by atomic mass is 16.6. The molecular weight excluding hydrogens is 270 g/mol. The van der Waals surface area contributed by atoms with Crippen molar-refractivity contribution in [2.75, 3.05) is 19.6 Å². The van der Waals surface area contributed by atoms with Gasteiger partial charge in [-0.3, -0.25) is 14.9 Å². The first kappa shape index (κ1) is 17.1. The zero-order valence-corrected chi connectivity index (χ0v) is 13.0. The van der Waals surface area contributed by atoms with Crippen LogP contribution in [0.5, 0.6) is 0 Å². The number of carbonyl (C=O) groups is 1. The van der Waals surface area contributed by atoms with Crippen LogP contribution in [0.2, 0.25) is 0 Å². The molecule has 1 aromatic carbocycles. The molecule has 1 rings (SSSR count). The molecule has 0 aliphatic heterocycles. The van der Waals surface area contributed by atoms with Crippen LogP contribution < -0.4 is 5.73 Å². The van der Waals surface area contributed by atoms with E-state index in [-0.39, 0.29) is 17.0 Å². The maximum atomic E-state index is 12.6. The summed E-state index contributed by atoms with van der Waals surface area (Å²) >= 11 is 0. The van der Waals surface area contributed by atoms with Crippen LogP contribution in [0.15, 0.2) is 18.2 Å². The van der Waals surface area contributed by atoms with Gasteiger partial charge in [-0.1, -0.05) is 19.9 Å². The van der Waals surface area contributed by atoms with Crippen molar-refractivity contribution in [2.45, 2.75) is 27.7 Å². The van der Waals surface area contributed by atoms with Gasteiger partial charge in [-0.2, -0.15) is 0 Å². The lowest BCUT2D eigenvalue weighted by Gasteiger charge is -2.31. The van der Waals surface area contributed by atoms with Gasteiger partial charge in [0.25, 0.3) is 11.6 Å². The summed E-state index contributed by atoms with van der Waals surface area (Å²) in [6.07, 6.45) is 0. The first-order chi connectivity index (χ1) is 9.71. The Labute approximate surface area is 125 Å². The van der Waals surface area contributed by atoms with Crippen molar-refractivity contribution in [2.24, 2.45) is 11.1 Å². The van der Waals surface area contributed by atoms with Crippen LogP contribution in [-0.4, -0.2) is 35.4 Å². The van der Waals surface area contributed by atoms with Crippen LogP contribution in [0.4, 0.5) is 5.69 Å². The summed E-state index contributed by atoms with van der Waals surface area (Å²) in [4.78, 5) is 24.7. The maximum absolute atomic E-state index is 12.6. The summed E-state index contributed by atoms with van der Waals surface area (Å²) in [5.41, 5.74) is 6.55. The van der Waals surface area contributed by atoms with E-state index >= 15 is 0 Å². The van der Waals surface area contributed by atoms with E-state index < -0.39 is 4.92 Å². The third-order valence-electron chi connectivity index (χ3n) is 3.50. The Bertz CT molecular complexity index is 541. The van der Waals surface area contributed by atoms with Crippen molar-refractivity contribution in [3.05, 3.63) is 39.4 Å². The standard InChI is InChI=1S/C15H23N3O3/c1-5-17(10-15(3,4)9-16)14(19)13-8-12(18(20)21)7-6-11(13)2/h6-8H,5,9-10,16H2,1-4H3. The molecule has 0 aromatic heterocycles. The maximum Gasteiger partial charge on any atom is 0.270 e. The highest BCUT2D eigenvalue weighted by Crippen LogP contribution is 2.21. The molecule has 0 aliphatic rings. The number of benzene rings is 1. The molecule has 0 saturated heterocycles. The van der Waals surface area contributed by atoms with Gasteiger partial charge in [0.15, 0.2) is 0 Å². The molecule has 0 heterocycles. The van der Waals surface area contributed by atoms with Gasteiger partial charge in [0, 0.05) is 30.8 Å². The first-order valence-corrected chi connectivity index (χ1v) is 6.96. The topological polar surface area (TPSA) is 89.5 Å². The molecule has 0 unspecified atom stereocenters. The molecule has 0 atom stereocenters. The highest BCUT2D eigenvalue weighted by Gasteiger charge is 2.25. The lowest BCUT2D eigenvalue weighted by Crippen LogP contribution is -2.42. The molecule has 1 amide bonds. The third-order valence-corrected chi connectivity index (χ3v) is 3.50. The van der Waals surface area contributed by atoms with Crippen LogP contribution in [0.3, 0.4) is 0 Å². The fraction of sp³-hybridized carbons (Fsp3) is 0.533. The second-order valence-corrected chi connectivity index (χ2v) is 5.94. The van der Waals surface area contributed by atoms with Gasteiger partial charge < -0.3 is 10.6 Å². The number of nitro benzene ring substituents is 1. The minimum Gasteiger partial charge on any atom is -0.338 e. The zero-order chi connectivity index (χ0) is 16.2.